The highest BCUT2D eigenvalue weighted by molar-refractivity contribution is 5.96. The van der Waals surface area contributed by atoms with E-state index in [0.717, 1.165) is 43.4 Å². The molecule has 2 aromatic rings. The number of carbonyl (C=O) groups excluding carboxylic acids is 2. The number of aryl methyl sites for hydroxylation is 1. The fourth-order valence-corrected chi connectivity index (χ4v) is 3.88. The van der Waals surface area contributed by atoms with Crippen molar-refractivity contribution in [2.45, 2.75) is 44.6 Å². The number of fused-ring (bicyclic) bond motifs is 1. The van der Waals surface area contributed by atoms with Gasteiger partial charge >= 0.3 is 5.97 Å². The number of nitrogens with one attached hydrogen (secondary N) is 2. The molecule has 11 nitrogen and oxygen atoms in total. The normalized spacial score (nSPS) is 15.7. The van der Waals surface area contributed by atoms with Crippen LogP contribution in [0.15, 0.2) is 24.3 Å². The Kier molecular flexibility index (Phi) is 7.65. The fourth-order valence-electron chi connectivity index (χ4n) is 3.88. The Bertz CT molecular complexity index is 1030. The highest BCUT2D eigenvalue weighted by Gasteiger charge is 2.23. The van der Waals surface area contributed by atoms with Gasteiger partial charge in [0.2, 0.25) is 11.9 Å². The lowest BCUT2D eigenvalue weighted by atomic mass is 9.90. The van der Waals surface area contributed by atoms with Crippen molar-refractivity contribution < 1.29 is 19.5 Å². The Balaban J connectivity index is 1.48. The number of benzene rings is 1. The summed E-state index contributed by atoms with van der Waals surface area (Å²) in [6.45, 7) is 0.794. The molecule has 2 amide bonds. The fraction of sp³-hybridized carbons (Fsp3) is 0.409. The van der Waals surface area contributed by atoms with Crippen molar-refractivity contribution in [1.82, 2.24) is 15.3 Å². The molecule has 0 radical (unpaired) electrons. The summed E-state index contributed by atoms with van der Waals surface area (Å²) in [6.07, 6.45) is 3.41. The summed E-state index contributed by atoms with van der Waals surface area (Å²) in [5.74, 6) is -0.629. The number of hydrogen-bond acceptors (Lipinski definition) is 8. The van der Waals surface area contributed by atoms with Crippen molar-refractivity contribution in [3.63, 3.8) is 0 Å². The van der Waals surface area contributed by atoms with E-state index in [-0.39, 0.29) is 18.8 Å². The molecule has 33 heavy (non-hydrogen) atoms. The van der Waals surface area contributed by atoms with Crippen LogP contribution in [0.1, 0.15) is 47.2 Å². The third-order valence-corrected chi connectivity index (χ3v) is 5.68. The van der Waals surface area contributed by atoms with Gasteiger partial charge in [-0.2, -0.15) is 9.97 Å². The van der Waals surface area contributed by atoms with Gasteiger partial charge in [-0.15, -0.1) is 0 Å². The molecule has 11 heteroatoms. The average Bonchev–Trinajstić information content (AvgIpc) is 2.77. The molecule has 0 fully saturated rings. The first-order chi connectivity index (χ1) is 15.7. The van der Waals surface area contributed by atoms with Crippen LogP contribution in [-0.2, 0) is 22.4 Å². The number of hydrogen-bond donors (Lipinski definition) is 6. The molecule has 1 aliphatic heterocycles. The van der Waals surface area contributed by atoms with Gasteiger partial charge in [0, 0.05) is 24.1 Å². The monoisotopic (exact) mass is 455 g/mol. The molecule has 1 aliphatic rings. The number of carboxylic acid groups (broad SMARTS) is 1. The highest BCUT2D eigenvalue weighted by atomic mass is 16.4. The highest BCUT2D eigenvalue weighted by Crippen LogP contribution is 2.29. The third kappa shape index (κ3) is 6.55. The number of nitrogen functional groups attached to an aromatic ring is 2. The summed E-state index contributed by atoms with van der Waals surface area (Å²) in [6, 6.07) is 5.88. The second-order valence-corrected chi connectivity index (χ2v) is 8.20. The molecule has 1 aromatic carbocycles. The van der Waals surface area contributed by atoms with E-state index in [1.807, 2.05) is 12.1 Å². The summed E-state index contributed by atoms with van der Waals surface area (Å²) >= 11 is 0. The number of amides is 2. The molecule has 0 bridgehead atoms. The maximum atomic E-state index is 12.4. The zero-order valence-corrected chi connectivity index (χ0v) is 18.2. The molecule has 3 rings (SSSR count). The standard InChI is InChI=1S/C22H29N7O4/c23-17(30)9-8-16(21(32)33)27-20(31)14-6-4-12(5-7-14)2-1-3-13-10-15-18(24)28-22(25)29-19(15)26-11-13/h4-7,13,16H,1-3,8-11H2,(H2,23,30)(H,27,31)(H,32,33)(H5,24,25,26,28,29)/t13?,16-/m0/s1. The predicted molar refractivity (Wildman–Crippen MR) is 123 cm³/mol. The topological polar surface area (TPSA) is 199 Å². The van der Waals surface area contributed by atoms with E-state index in [1.165, 1.54) is 0 Å². The second-order valence-electron chi connectivity index (χ2n) is 8.20. The van der Waals surface area contributed by atoms with Gasteiger partial charge < -0.3 is 32.9 Å². The molecule has 0 saturated carbocycles. The lowest BCUT2D eigenvalue weighted by molar-refractivity contribution is -0.139. The number of nitrogens with two attached hydrogens (primary N) is 3. The number of carbonyl (C=O) groups is 3. The molecule has 0 spiro atoms. The van der Waals surface area contributed by atoms with Crippen LogP contribution in [0.4, 0.5) is 17.6 Å². The zero-order chi connectivity index (χ0) is 24.0. The van der Waals surface area contributed by atoms with Crippen molar-refractivity contribution in [3.05, 3.63) is 41.0 Å². The molecule has 176 valence electrons. The van der Waals surface area contributed by atoms with E-state index < -0.39 is 23.8 Å². The quantitative estimate of drug-likeness (QED) is 0.298. The third-order valence-electron chi connectivity index (χ3n) is 5.68. The van der Waals surface area contributed by atoms with Gasteiger partial charge in [-0.25, -0.2) is 4.79 Å². The molecule has 0 aliphatic carbocycles. The maximum absolute atomic E-state index is 12.4. The Labute approximate surface area is 191 Å². The van der Waals surface area contributed by atoms with Crippen LogP contribution in [-0.4, -0.2) is 45.4 Å². The van der Waals surface area contributed by atoms with Gasteiger partial charge in [-0.1, -0.05) is 12.1 Å². The van der Waals surface area contributed by atoms with Gasteiger partial charge in [0.25, 0.3) is 5.91 Å². The molecule has 2 heterocycles. The summed E-state index contributed by atoms with van der Waals surface area (Å²) in [4.78, 5) is 42.8. The van der Waals surface area contributed by atoms with Crippen LogP contribution in [0.3, 0.4) is 0 Å². The first-order valence-electron chi connectivity index (χ1n) is 10.8. The van der Waals surface area contributed by atoms with Crippen molar-refractivity contribution in [2.24, 2.45) is 11.7 Å². The van der Waals surface area contributed by atoms with E-state index in [2.05, 4.69) is 20.6 Å². The van der Waals surface area contributed by atoms with E-state index in [9.17, 15) is 19.5 Å². The van der Waals surface area contributed by atoms with Crippen LogP contribution >= 0.6 is 0 Å². The van der Waals surface area contributed by atoms with Crippen molar-refractivity contribution in [3.8, 4) is 0 Å². The average molecular weight is 456 g/mol. The van der Waals surface area contributed by atoms with Gasteiger partial charge in [0.1, 0.15) is 17.7 Å². The van der Waals surface area contributed by atoms with E-state index in [4.69, 9.17) is 17.2 Å². The molecule has 2 atom stereocenters. The lowest BCUT2D eigenvalue weighted by Crippen LogP contribution is -2.41. The summed E-state index contributed by atoms with van der Waals surface area (Å²) in [5, 5.41) is 14.9. The molecule has 1 unspecified atom stereocenters. The van der Waals surface area contributed by atoms with Crippen LogP contribution < -0.4 is 27.8 Å². The van der Waals surface area contributed by atoms with Crippen molar-refractivity contribution >= 4 is 35.4 Å². The van der Waals surface area contributed by atoms with Crippen LogP contribution in [0.2, 0.25) is 0 Å². The molecule has 9 N–H and O–H groups in total. The number of anilines is 3. The largest absolute Gasteiger partial charge is 0.480 e. The number of aliphatic carboxylic acids is 1. The minimum atomic E-state index is -1.21. The van der Waals surface area contributed by atoms with E-state index >= 15 is 0 Å². The van der Waals surface area contributed by atoms with Crippen LogP contribution in [0, 0.1) is 5.92 Å². The summed E-state index contributed by atoms with van der Waals surface area (Å²) in [7, 11) is 0. The Hall–Kier alpha value is -3.89. The van der Waals surface area contributed by atoms with Crippen LogP contribution in [0.5, 0.6) is 0 Å². The number of rotatable bonds is 10. The predicted octanol–water partition coefficient (Wildman–Crippen LogP) is 0.697. The van der Waals surface area contributed by atoms with E-state index in [0.29, 0.717) is 23.1 Å². The molecular formula is C22H29N7O4. The number of nitrogens with zero attached hydrogens (tertiary/aromatic N) is 2. The van der Waals surface area contributed by atoms with Gasteiger partial charge in [0.15, 0.2) is 0 Å². The van der Waals surface area contributed by atoms with Crippen LogP contribution in [0.25, 0.3) is 0 Å². The molecular weight excluding hydrogens is 426 g/mol. The first-order valence-corrected chi connectivity index (χ1v) is 10.8. The van der Waals surface area contributed by atoms with Gasteiger partial charge in [-0.05, 0) is 55.7 Å². The van der Waals surface area contributed by atoms with E-state index in [1.54, 1.807) is 12.1 Å². The maximum Gasteiger partial charge on any atom is 0.326 e. The Morgan fingerprint density at radius 2 is 1.91 bits per heavy atom. The summed E-state index contributed by atoms with van der Waals surface area (Å²) < 4.78 is 0. The Morgan fingerprint density at radius 3 is 2.58 bits per heavy atom. The van der Waals surface area contributed by atoms with Crippen molar-refractivity contribution in [2.75, 3.05) is 23.3 Å². The SMILES string of the molecule is NC(=O)CC[C@H](NC(=O)c1ccc(CCCC2CNc3nc(N)nc(N)c3C2)cc1)C(=O)O. The number of carboxylic acids is 1. The zero-order valence-electron chi connectivity index (χ0n) is 18.2. The molecule has 1 aromatic heterocycles. The first kappa shape index (κ1) is 23.8. The Morgan fingerprint density at radius 1 is 1.18 bits per heavy atom. The van der Waals surface area contributed by atoms with Gasteiger partial charge in [0.05, 0.1) is 0 Å². The minimum absolute atomic E-state index is 0.0554. The van der Waals surface area contributed by atoms with Gasteiger partial charge in [-0.3, -0.25) is 9.59 Å². The number of aromatic nitrogens is 2. The second kappa shape index (κ2) is 10.6. The summed E-state index contributed by atoms with van der Waals surface area (Å²) in [5.41, 5.74) is 19.0. The lowest BCUT2D eigenvalue weighted by Gasteiger charge is -2.26. The molecule has 0 saturated heterocycles. The smallest absolute Gasteiger partial charge is 0.326 e. The minimum Gasteiger partial charge on any atom is -0.480 e. The van der Waals surface area contributed by atoms with Crippen molar-refractivity contribution in [1.29, 1.82) is 0 Å². The number of primary amides is 1.